The lowest BCUT2D eigenvalue weighted by Crippen LogP contribution is -2.54. The third-order valence-electron chi connectivity index (χ3n) is 8.12. The Labute approximate surface area is 248 Å². The van der Waals surface area contributed by atoms with Crippen LogP contribution in [0, 0.1) is 20.8 Å². The van der Waals surface area contributed by atoms with E-state index in [0.717, 1.165) is 30.4 Å². The SMILES string of the molecule is Cc1cc(C)c(S(=O)(=O)N(CC(=O)N2C[C@H](C(=O)NCc3ccccc3)Oc3ccccc32)C2CCCCC2)c(C)c1. The van der Waals surface area contributed by atoms with Gasteiger partial charge in [-0.3, -0.25) is 9.59 Å². The van der Waals surface area contributed by atoms with E-state index in [-0.39, 0.29) is 35.8 Å². The third-order valence-corrected chi connectivity index (χ3v) is 10.3. The van der Waals surface area contributed by atoms with Crippen LogP contribution in [0.15, 0.2) is 71.6 Å². The van der Waals surface area contributed by atoms with E-state index in [1.165, 1.54) is 9.21 Å². The zero-order valence-corrected chi connectivity index (χ0v) is 25.3. The second-order valence-corrected chi connectivity index (χ2v) is 13.2. The van der Waals surface area contributed by atoms with Gasteiger partial charge in [-0.1, -0.05) is 79.4 Å². The Morgan fingerprint density at radius 2 is 1.57 bits per heavy atom. The van der Waals surface area contributed by atoms with Crippen LogP contribution in [0.2, 0.25) is 0 Å². The van der Waals surface area contributed by atoms with Crippen molar-refractivity contribution in [2.24, 2.45) is 0 Å². The van der Waals surface area contributed by atoms with Crippen LogP contribution in [0.5, 0.6) is 5.75 Å². The number of benzene rings is 3. The smallest absolute Gasteiger partial charge is 0.263 e. The maximum Gasteiger partial charge on any atom is 0.263 e. The number of carbonyl (C=O) groups excluding carboxylic acids is 2. The lowest BCUT2D eigenvalue weighted by molar-refractivity contribution is -0.128. The van der Waals surface area contributed by atoms with Crippen molar-refractivity contribution in [3.05, 3.63) is 89.0 Å². The molecular weight excluding hydrogens is 550 g/mol. The van der Waals surface area contributed by atoms with Gasteiger partial charge in [0, 0.05) is 12.6 Å². The van der Waals surface area contributed by atoms with Gasteiger partial charge in [0.1, 0.15) is 5.75 Å². The molecule has 5 rings (SSSR count). The van der Waals surface area contributed by atoms with Gasteiger partial charge in [-0.05, 0) is 62.4 Å². The standard InChI is InChI=1S/C33H39N3O5S/c1-23-18-24(2)32(25(3)19-23)42(39,40)36(27-14-8-5-9-15-27)22-31(37)35-21-30(41-29-17-11-10-16-28(29)35)33(38)34-20-26-12-6-4-7-13-26/h4,6-7,10-13,16-19,27,30H,5,8-9,14-15,20-22H2,1-3H3,(H,34,38)/t30-/m1/s1. The van der Waals surface area contributed by atoms with Crippen molar-refractivity contribution in [3.63, 3.8) is 0 Å². The molecule has 1 aliphatic heterocycles. The van der Waals surface area contributed by atoms with Gasteiger partial charge in [0.25, 0.3) is 5.91 Å². The van der Waals surface area contributed by atoms with E-state index in [1.54, 1.807) is 24.3 Å². The first-order chi connectivity index (χ1) is 20.1. The number of nitrogens with zero attached hydrogens (tertiary/aromatic N) is 2. The third kappa shape index (κ3) is 6.37. The maximum atomic E-state index is 14.3. The minimum Gasteiger partial charge on any atom is -0.477 e. The Balaban J connectivity index is 1.43. The van der Waals surface area contributed by atoms with E-state index in [4.69, 9.17) is 4.74 Å². The Morgan fingerprint density at radius 1 is 0.929 bits per heavy atom. The van der Waals surface area contributed by atoms with E-state index in [9.17, 15) is 18.0 Å². The number of rotatable bonds is 8. The fourth-order valence-corrected chi connectivity index (χ4v) is 8.24. The molecular formula is C33H39N3O5S. The molecule has 9 heteroatoms. The fourth-order valence-electron chi connectivity index (χ4n) is 6.19. The van der Waals surface area contributed by atoms with Gasteiger partial charge < -0.3 is 15.0 Å². The number of aryl methyl sites for hydroxylation is 3. The van der Waals surface area contributed by atoms with E-state index in [1.807, 2.05) is 63.2 Å². The van der Waals surface area contributed by atoms with Crippen molar-refractivity contribution >= 4 is 27.5 Å². The van der Waals surface area contributed by atoms with Crippen LogP contribution < -0.4 is 15.0 Å². The highest BCUT2D eigenvalue weighted by atomic mass is 32.2. The summed E-state index contributed by atoms with van der Waals surface area (Å²) < 4.78 is 36.1. The van der Waals surface area contributed by atoms with E-state index in [0.29, 0.717) is 42.0 Å². The number of hydrogen-bond acceptors (Lipinski definition) is 5. The Hall–Kier alpha value is -3.69. The molecule has 2 aliphatic rings. The number of hydrogen-bond donors (Lipinski definition) is 1. The molecule has 1 aliphatic carbocycles. The molecule has 0 unspecified atom stereocenters. The fraction of sp³-hybridized carbons (Fsp3) is 0.394. The lowest BCUT2D eigenvalue weighted by Gasteiger charge is -2.37. The van der Waals surface area contributed by atoms with Gasteiger partial charge in [0.2, 0.25) is 15.9 Å². The van der Waals surface area contributed by atoms with Crippen molar-refractivity contribution < 1.29 is 22.7 Å². The largest absolute Gasteiger partial charge is 0.477 e. The first-order valence-corrected chi connectivity index (χ1v) is 16.1. The molecule has 1 fully saturated rings. The molecule has 0 radical (unpaired) electrons. The van der Waals surface area contributed by atoms with Gasteiger partial charge in [-0.25, -0.2) is 8.42 Å². The second kappa shape index (κ2) is 12.7. The first kappa shape index (κ1) is 29.8. The summed E-state index contributed by atoms with van der Waals surface area (Å²) in [6.07, 6.45) is 3.37. The minimum absolute atomic E-state index is 0.0163. The van der Waals surface area contributed by atoms with Crippen LogP contribution in [-0.2, 0) is 26.2 Å². The number of sulfonamides is 1. The minimum atomic E-state index is -3.98. The summed E-state index contributed by atoms with van der Waals surface area (Å²) in [6.45, 7) is 5.57. The summed E-state index contributed by atoms with van der Waals surface area (Å²) in [7, 11) is -3.98. The molecule has 42 heavy (non-hydrogen) atoms. The Kier molecular flexibility index (Phi) is 8.99. The van der Waals surface area contributed by atoms with Crippen molar-refractivity contribution in [2.75, 3.05) is 18.0 Å². The molecule has 0 bridgehead atoms. The first-order valence-electron chi connectivity index (χ1n) is 14.6. The van der Waals surface area contributed by atoms with Gasteiger partial charge >= 0.3 is 0 Å². The topological polar surface area (TPSA) is 96.0 Å². The summed E-state index contributed by atoms with van der Waals surface area (Å²) in [5, 5.41) is 2.91. The molecule has 1 N–H and O–H groups in total. The second-order valence-electron chi connectivity index (χ2n) is 11.4. The van der Waals surface area contributed by atoms with Crippen molar-refractivity contribution in [2.45, 2.75) is 76.5 Å². The van der Waals surface area contributed by atoms with Crippen LogP contribution in [0.4, 0.5) is 5.69 Å². The van der Waals surface area contributed by atoms with Gasteiger partial charge in [-0.15, -0.1) is 0 Å². The summed E-state index contributed by atoms with van der Waals surface area (Å²) in [4.78, 5) is 29.1. The maximum absolute atomic E-state index is 14.3. The van der Waals surface area contributed by atoms with Crippen molar-refractivity contribution in [1.29, 1.82) is 0 Å². The molecule has 8 nitrogen and oxygen atoms in total. The number of nitrogens with one attached hydrogen (secondary N) is 1. The number of fused-ring (bicyclic) bond motifs is 1. The Morgan fingerprint density at radius 3 is 2.26 bits per heavy atom. The van der Waals surface area contributed by atoms with Gasteiger partial charge in [-0.2, -0.15) is 4.31 Å². The highest BCUT2D eigenvalue weighted by molar-refractivity contribution is 7.89. The summed E-state index contributed by atoms with van der Waals surface area (Å²) in [5.41, 5.74) is 3.81. The monoisotopic (exact) mass is 589 g/mol. The number of ether oxygens (including phenoxy) is 1. The zero-order valence-electron chi connectivity index (χ0n) is 24.5. The van der Waals surface area contributed by atoms with Crippen LogP contribution in [0.3, 0.4) is 0 Å². The van der Waals surface area contributed by atoms with Crippen LogP contribution in [0.1, 0.15) is 54.4 Å². The number of amides is 2. The van der Waals surface area contributed by atoms with Crippen LogP contribution in [-0.4, -0.2) is 49.8 Å². The molecule has 222 valence electrons. The molecule has 1 atom stereocenters. The average Bonchev–Trinajstić information content (AvgIpc) is 2.98. The average molecular weight is 590 g/mol. The highest BCUT2D eigenvalue weighted by Crippen LogP contribution is 2.35. The predicted octanol–water partition coefficient (Wildman–Crippen LogP) is 5.05. The van der Waals surface area contributed by atoms with Gasteiger partial charge in [0.15, 0.2) is 6.10 Å². The molecule has 3 aromatic carbocycles. The molecule has 0 saturated heterocycles. The molecule has 2 amide bonds. The molecule has 1 saturated carbocycles. The number of para-hydroxylation sites is 2. The van der Waals surface area contributed by atoms with E-state index >= 15 is 0 Å². The quantitative estimate of drug-likeness (QED) is 0.397. The van der Waals surface area contributed by atoms with E-state index in [2.05, 4.69) is 5.32 Å². The highest BCUT2D eigenvalue weighted by Gasteiger charge is 2.39. The van der Waals surface area contributed by atoms with Crippen molar-refractivity contribution in [1.82, 2.24) is 9.62 Å². The molecule has 0 spiro atoms. The summed E-state index contributed by atoms with van der Waals surface area (Å²) in [6, 6.07) is 20.1. The Bertz CT molecular complexity index is 1530. The molecule has 0 aromatic heterocycles. The zero-order chi connectivity index (χ0) is 29.9. The number of carbonyl (C=O) groups is 2. The molecule has 3 aromatic rings. The lowest BCUT2D eigenvalue weighted by atomic mass is 9.95. The van der Waals surface area contributed by atoms with Crippen LogP contribution >= 0.6 is 0 Å². The van der Waals surface area contributed by atoms with Gasteiger partial charge in [0.05, 0.1) is 23.7 Å². The normalized spacial score (nSPS) is 17.4. The van der Waals surface area contributed by atoms with Crippen molar-refractivity contribution in [3.8, 4) is 5.75 Å². The summed E-state index contributed by atoms with van der Waals surface area (Å²) >= 11 is 0. The summed E-state index contributed by atoms with van der Waals surface area (Å²) in [5.74, 6) is -0.314. The number of anilines is 1. The van der Waals surface area contributed by atoms with Crippen LogP contribution in [0.25, 0.3) is 0 Å². The predicted molar refractivity (Wildman–Crippen MR) is 163 cm³/mol. The molecule has 1 heterocycles. The van der Waals surface area contributed by atoms with E-state index < -0.39 is 16.1 Å².